The highest BCUT2D eigenvalue weighted by atomic mass is 35.5. The first kappa shape index (κ1) is 9.35. The van der Waals surface area contributed by atoms with Gasteiger partial charge in [0, 0.05) is 16.5 Å². The van der Waals surface area contributed by atoms with Crippen LogP contribution in [0.2, 0.25) is 5.02 Å². The lowest BCUT2D eigenvalue weighted by molar-refractivity contribution is -0.385. The summed E-state index contributed by atoms with van der Waals surface area (Å²) in [6.45, 7) is 1.64. The van der Waals surface area contributed by atoms with Gasteiger partial charge >= 0.3 is 0 Å². The summed E-state index contributed by atoms with van der Waals surface area (Å²) in [4.78, 5) is 10.4. The molecule has 1 rings (SSSR count). The molecule has 0 aromatic heterocycles. The lowest BCUT2D eigenvalue weighted by Crippen LogP contribution is -1.91. The van der Waals surface area contributed by atoms with Crippen molar-refractivity contribution in [2.75, 3.05) is 0 Å². The standard InChI is InChI=1S/C7H6ClNO2S/c1-4-2-5(8)7(12)3-6(4)9(10)11/h2-3,12H,1H3. The highest BCUT2D eigenvalue weighted by Crippen LogP contribution is 2.28. The van der Waals surface area contributed by atoms with Crippen molar-refractivity contribution in [3.8, 4) is 0 Å². The molecule has 1 aromatic carbocycles. The van der Waals surface area contributed by atoms with E-state index in [1.54, 1.807) is 6.92 Å². The van der Waals surface area contributed by atoms with Gasteiger partial charge in [0.1, 0.15) is 0 Å². The number of nitro benzene ring substituents is 1. The van der Waals surface area contributed by atoms with Crippen LogP contribution in [0.5, 0.6) is 0 Å². The zero-order valence-corrected chi connectivity index (χ0v) is 7.89. The van der Waals surface area contributed by atoms with Crippen molar-refractivity contribution in [2.24, 2.45) is 0 Å². The number of thiol groups is 1. The van der Waals surface area contributed by atoms with Gasteiger partial charge in [-0.1, -0.05) is 11.6 Å². The molecule has 0 amide bonds. The topological polar surface area (TPSA) is 43.1 Å². The molecule has 0 N–H and O–H groups in total. The van der Waals surface area contributed by atoms with E-state index in [4.69, 9.17) is 11.6 Å². The summed E-state index contributed by atoms with van der Waals surface area (Å²) in [7, 11) is 0. The zero-order valence-electron chi connectivity index (χ0n) is 6.24. The molecule has 0 bridgehead atoms. The Labute approximate surface area is 79.9 Å². The van der Waals surface area contributed by atoms with Crippen molar-refractivity contribution >= 4 is 29.9 Å². The van der Waals surface area contributed by atoms with Crippen LogP contribution in [0, 0.1) is 17.0 Å². The molecule has 12 heavy (non-hydrogen) atoms. The summed E-state index contributed by atoms with van der Waals surface area (Å²) in [6, 6.07) is 2.88. The molecule has 3 nitrogen and oxygen atoms in total. The monoisotopic (exact) mass is 203 g/mol. The number of halogens is 1. The number of hydrogen-bond acceptors (Lipinski definition) is 3. The van der Waals surface area contributed by atoms with Gasteiger partial charge in [0.25, 0.3) is 5.69 Å². The number of hydrogen-bond donors (Lipinski definition) is 1. The van der Waals surface area contributed by atoms with E-state index in [2.05, 4.69) is 12.6 Å². The molecule has 1 aromatic rings. The SMILES string of the molecule is Cc1cc(Cl)c(S)cc1[N+](=O)[O-]. The van der Waals surface area contributed by atoms with Crippen molar-refractivity contribution in [2.45, 2.75) is 11.8 Å². The van der Waals surface area contributed by atoms with Crippen molar-refractivity contribution in [3.63, 3.8) is 0 Å². The van der Waals surface area contributed by atoms with Gasteiger partial charge in [0.15, 0.2) is 0 Å². The summed E-state index contributed by atoms with van der Waals surface area (Å²) >= 11 is 9.66. The van der Waals surface area contributed by atoms with Crippen LogP contribution >= 0.6 is 24.2 Å². The largest absolute Gasteiger partial charge is 0.273 e. The Kier molecular flexibility index (Phi) is 2.59. The molecule has 0 aliphatic heterocycles. The summed E-state index contributed by atoms with van der Waals surface area (Å²) in [5, 5.41) is 10.8. The maximum absolute atomic E-state index is 10.4. The second kappa shape index (κ2) is 3.33. The van der Waals surface area contributed by atoms with Crippen LogP contribution in [0.4, 0.5) is 5.69 Å². The summed E-state index contributed by atoms with van der Waals surface area (Å²) in [6.07, 6.45) is 0. The van der Waals surface area contributed by atoms with E-state index in [0.29, 0.717) is 15.5 Å². The Morgan fingerprint density at radius 2 is 2.17 bits per heavy atom. The third-order valence-corrected chi connectivity index (χ3v) is 2.28. The Hall–Kier alpha value is -0.740. The Bertz CT molecular complexity index is 340. The van der Waals surface area contributed by atoms with E-state index in [1.165, 1.54) is 12.1 Å². The predicted molar refractivity (Wildman–Crippen MR) is 50.1 cm³/mol. The number of nitro groups is 1. The fourth-order valence-electron chi connectivity index (χ4n) is 0.847. The minimum atomic E-state index is -0.453. The second-order valence-corrected chi connectivity index (χ2v) is 3.24. The molecule has 0 aliphatic rings. The van der Waals surface area contributed by atoms with Crippen molar-refractivity contribution in [1.82, 2.24) is 0 Å². The molecule has 0 atom stereocenters. The van der Waals surface area contributed by atoms with Crippen LogP contribution in [-0.4, -0.2) is 4.92 Å². The number of rotatable bonds is 1. The summed E-state index contributed by atoms with van der Waals surface area (Å²) in [5.74, 6) is 0. The fraction of sp³-hybridized carbons (Fsp3) is 0.143. The summed E-state index contributed by atoms with van der Waals surface area (Å²) in [5.41, 5.74) is 0.590. The Morgan fingerprint density at radius 3 is 2.67 bits per heavy atom. The van der Waals surface area contributed by atoms with Crippen LogP contribution in [0.15, 0.2) is 17.0 Å². The molecule has 0 saturated heterocycles. The van der Waals surface area contributed by atoms with E-state index in [1.807, 2.05) is 0 Å². The lowest BCUT2D eigenvalue weighted by Gasteiger charge is -1.99. The molecule has 0 spiro atoms. The van der Waals surface area contributed by atoms with Gasteiger partial charge in [0.2, 0.25) is 0 Å². The van der Waals surface area contributed by atoms with Gasteiger partial charge in [-0.05, 0) is 13.0 Å². The van der Waals surface area contributed by atoms with E-state index in [-0.39, 0.29) is 5.69 Å². The lowest BCUT2D eigenvalue weighted by atomic mass is 10.2. The average Bonchev–Trinajstić information content (AvgIpc) is 1.96. The predicted octanol–water partition coefficient (Wildman–Crippen LogP) is 2.85. The minimum Gasteiger partial charge on any atom is -0.258 e. The highest BCUT2D eigenvalue weighted by Gasteiger charge is 2.12. The van der Waals surface area contributed by atoms with Crippen LogP contribution in [-0.2, 0) is 0 Å². The number of nitrogens with zero attached hydrogens (tertiary/aromatic N) is 1. The van der Waals surface area contributed by atoms with Crippen LogP contribution in [0.1, 0.15) is 5.56 Å². The third kappa shape index (κ3) is 1.70. The highest BCUT2D eigenvalue weighted by molar-refractivity contribution is 7.80. The van der Waals surface area contributed by atoms with E-state index in [0.717, 1.165) is 0 Å². The van der Waals surface area contributed by atoms with Crippen molar-refractivity contribution in [3.05, 3.63) is 32.8 Å². The molecule has 0 aliphatic carbocycles. The molecule has 0 saturated carbocycles. The molecule has 0 fully saturated rings. The quantitative estimate of drug-likeness (QED) is 0.433. The van der Waals surface area contributed by atoms with Crippen molar-refractivity contribution < 1.29 is 4.92 Å². The van der Waals surface area contributed by atoms with E-state index < -0.39 is 4.92 Å². The molecule has 0 unspecified atom stereocenters. The molecule has 0 heterocycles. The molecular formula is C7H6ClNO2S. The van der Waals surface area contributed by atoms with Gasteiger partial charge in [0.05, 0.1) is 9.95 Å². The van der Waals surface area contributed by atoms with Gasteiger partial charge < -0.3 is 0 Å². The fourth-order valence-corrected chi connectivity index (χ4v) is 1.25. The Balaban J connectivity index is 3.33. The molecule has 5 heteroatoms. The average molecular weight is 204 g/mol. The van der Waals surface area contributed by atoms with Gasteiger partial charge in [-0.2, -0.15) is 0 Å². The molecule has 0 radical (unpaired) electrons. The van der Waals surface area contributed by atoms with E-state index >= 15 is 0 Å². The second-order valence-electron chi connectivity index (χ2n) is 2.35. The van der Waals surface area contributed by atoms with E-state index in [9.17, 15) is 10.1 Å². The smallest absolute Gasteiger partial charge is 0.258 e. The number of aryl methyl sites for hydroxylation is 1. The Morgan fingerprint density at radius 1 is 1.58 bits per heavy atom. The molecular weight excluding hydrogens is 198 g/mol. The first-order valence-electron chi connectivity index (χ1n) is 3.16. The summed E-state index contributed by atoms with van der Waals surface area (Å²) < 4.78 is 0. The molecule has 64 valence electrons. The van der Waals surface area contributed by atoms with Crippen molar-refractivity contribution in [1.29, 1.82) is 0 Å². The third-order valence-electron chi connectivity index (χ3n) is 1.46. The van der Waals surface area contributed by atoms with Gasteiger partial charge in [-0.15, -0.1) is 12.6 Å². The maximum Gasteiger partial charge on any atom is 0.273 e. The number of benzene rings is 1. The first-order valence-corrected chi connectivity index (χ1v) is 3.98. The van der Waals surface area contributed by atoms with Crippen LogP contribution in [0.3, 0.4) is 0 Å². The van der Waals surface area contributed by atoms with Gasteiger partial charge in [-0.3, -0.25) is 10.1 Å². The van der Waals surface area contributed by atoms with Crippen LogP contribution < -0.4 is 0 Å². The maximum atomic E-state index is 10.4. The minimum absolute atomic E-state index is 0.0457. The normalized spacial score (nSPS) is 9.92. The first-order chi connectivity index (χ1) is 5.52. The van der Waals surface area contributed by atoms with Crippen LogP contribution in [0.25, 0.3) is 0 Å². The van der Waals surface area contributed by atoms with Gasteiger partial charge in [-0.25, -0.2) is 0 Å². The zero-order chi connectivity index (χ0) is 9.30.